The lowest BCUT2D eigenvalue weighted by atomic mass is 10.2. The number of amides is 2. The van der Waals surface area contributed by atoms with E-state index in [1.54, 1.807) is 32.4 Å². The van der Waals surface area contributed by atoms with Crippen molar-refractivity contribution in [2.45, 2.75) is 6.10 Å². The zero-order valence-corrected chi connectivity index (χ0v) is 10.4. The number of nitrogens with zero attached hydrogens (tertiary/aromatic N) is 1. The van der Waals surface area contributed by atoms with E-state index in [9.17, 15) is 4.79 Å². The standard InChI is InChI=1S/C12H16N2O4/c1-16-8-3-9(17-2)5-10(4-8)18-11-6-14(7-11)12(13)15/h3-5,11H,6-7H2,1-2H3,(H2,13,15). The molecule has 1 saturated heterocycles. The van der Waals surface area contributed by atoms with Gasteiger partial charge in [-0.15, -0.1) is 0 Å². The summed E-state index contributed by atoms with van der Waals surface area (Å²) in [5.74, 6) is 1.98. The number of carbonyl (C=O) groups excluding carboxylic acids is 1. The normalized spacial score (nSPS) is 14.9. The van der Waals surface area contributed by atoms with Crippen LogP contribution >= 0.6 is 0 Å². The Labute approximate surface area is 105 Å². The molecule has 18 heavy (non-hydrogen) atoms. The van der Waals surface area contributed by atoms with Crippen molar-refractivity contribution >= 4 is 6.03 Å². The van der Waals surface area contributed by atoms with E-state index in [0.29, 0.717) is 30.3 Å². The molecule has 0 aliphatic carbocycles. The average molecular weight is 252 g/mol. The molecule has 0 radical (unpaired) electrons. The minimum Gasteiger partial charge on any atom is -0.496 e. The minimum absolute atomic E-state index is 0.0330. The summed E-state index contributed by atoms with van der Waals surface area (Å²) in [7, 11) is 3.16. The third kappa shape index (κ3) is 2.58. The number of benzene rings is 1. The summed E-state index contributed by atoms with van der Waals surface area (Å²) in [6.07, 6.45) is -0.0330. The highest BCUT2D eigenvalue weighted by Crippen LogP contribution is 2.29. The van der Waals surface area contributed by atoms with Gasteiger partial charge in [0.05, 0.1) is 27.3 Å². The molecule has 0 unspecified atom stereocenters. The molecule has 2 amide bonds. The largest absolute Gasteiger partial charge is 0.496 e. The van der Waals surface area contributed by atoms with Crippen LogP contribution in [0, 0.1) is 0 Å². The Bertz CT molecular complexity index is 421. The molecule has 1 aromatic carbocycles. The number of urea groups is 1. The summed E-state index contributed by atoms with van der Waals surface area (Å²) >= 11 is 0. The molecule has 0 atom stereocenters. The molecule has 1 aromatic rings. The van der Waals surface area contributed by atoms with Gasteiger partial charge in [0, 0.05) is 18.2 Å². The number of ether oxygens (including phenoxy) is 3. The summed E-state index contributed by atoms with van der Waals surface area (Å²) in [5, 5.41) is 0. The van der Waals surface area contributed by atoms with Gasteiger partial charge in [-0.1, -0.05) is 0 Å². The van der Waals surface area contributed by atoms with Crippen molar-refractivity contribution in [3.63, 3.8) is 0 Å². The van der Waals surface area contributed by atoms with Crippen LogP contribution < -0.4 is 19.9 Å². The predicted molar refractivity (Wildman–Crippen MR) is 65.1 cm³/mol. The number of nitrogens with two attached hydrogens (primary N) is 1. The van der Waals surface area contributed by atoms with Gasteiger partial charge in [0.2, 0.25) is 0 Å². The minimum atomic E-state index is -0.418. The average Bonchev–Trinajstić information content (AvgIpc) is 2.32. The molecular formula is C12H16N2O4. The van der Waals surface area contributed by atoms with Crippen molar-refractivity contribution in [3.8, 4) is 17.2 Å². The van der Waals surface area contributed by atoms with E-state index in [2.05, 4.69) is 0 Å². The zero-order valence-electron chi connectivity index (χ0n) is 10.4. The summed E-state index contributed by atoms with van der Waals surface area (Å²) < 4.78 is 16.0. The summed E-state index contributed by atoms with van der Waals surface area (Å²) in [4.78, 5) is 12.3. The number of hydrogen-bond donors (Lipinski definition) is 1. The van der Waals surface area contributed by atoms with Crippen LogP contribution in [-0.4, -0.2) is 44.3 Å². The van der Waals surface area contributed by atoms with E-state index in [-0.39, 0.29) is 6.10 Å². The van der Waals surface area contributed by atoms with Crippen molar-refractivity contribution in [1.29, 1.82) is 0 Å². The lowest BCUT2D eigenvalue weighted by molar-refractivity contribution is 0.0474. The molecule has 0 spiro atoms. The van der Waals surface area contributed by atoms with Crippen LogP contribution in [0.4, 0.5) is 4.79 Å². The monoisotopic (exact) mass is 252 g/mol. The molecule has 0 saturated carbocycles. The van der Waals surface area contributed by atoms with Crippen molar-refractivity contribution in [1.82, 2.24) is 4.90 Å². The highest BCUT2D eigenvalue weighted by Gasteiger charge is 2.31. The maximum absolute atomic E-state index is 10.8. The van der Waals surface area contributed by atoms with E-state index in [0.717, 1.165) is 0 Å². The molecule has 6 heteroatoms. The first-order valence-electron chi connectivity index (χ1n) is 5.56. The number of carbonyl (C=O) groups is 1. The molecule has 1 aliphatic rings. The third-order valence-electron chi connectivity index (χ3n) is 2.79. The number of primary amides is 1. The second-order valence-electron chi connectivity index (χ2n) is 4.03. The van der Waals surface area contributed by atoms with Crippen LogP contribution in [0.5, 0.6) is 17.2 Å². The van der Waals surface area contributed by atoms with E-state index >= 15 is 0 Å². The summed E-state index contributed by atoms with van der Waals surface area (Å²) in [6, 6.07) is 4.90. The van der Waals surface area contributed by atoms with Gasteiger partial charge in [-0.05, 0) is 0 Å². The number of hydrogen-bond acceptors (Lipinski definition) is 4. The van der Waals surface area contributed by atoms with E-state index < -0.39 is 6.03 Å². The Morgan fingerprint density at radius 3 is 2.11 bits per heavy atom. The van der Waals surface area contributed by atoms with Crippen LogP contribution in [0.2, 0.25) is 0 Å². The van der Waals surface area contributed by atoms with Gasteiger partial charge in [-0.3, -0.25) is 0 Å². The van der Waals surface area contributed by atoms with Crippen LogP contribution in [-0.2, 0) is 0 Å². The number of likely N-dealkylation sites (tertiary alicyclic amines) is 1. The van der Waals surface area contributed by atoms with Gasteiger partial charge in [0.1, 0.15) is 23.4 Å². The fourth-order valence-corrected chi connectivity index (χ4v) is 1.73. The van der Waals surface area contributed by atoms with Crippen molar-refractivity contribution < 1.29 is 19.0 Å². The van der Waals surface area contributed by atoms with Gasteiger partial charge >= 0.3 is 6.03 Å². The molecule has 6 nitrogen and oxygen atoms in total. The van der Waals surface area contributed by atoms with Crippen LogP contribution in [0.1, 0.15) is 0 Å². The SMILES string of the molecule is COc1cc(OC)cc(OC2CN(C(N)=O)C2)c1. The Balaban J connectivity index is 1.99. The highest BCUT2D eigenvalue weighted by molar-refractivity contribution is 5.73. The van der Waals surface area contributed by atoms with Crippen LogP contribution in [0.25, 0.3) is 0 Å². The molecule has 1 aliphatic heterocycles. The molecule has 2 N–H and O–H groups in total. The molecule has 1 heterocycles. The Morgan fingerprint density at radius 1 is 1.17 bits per heavy atom. The van der Waals surface area contributed by atoms with Gasteiger partial charge in [-0.25, -0.2) is 4.79 Å². The molecule has 0 aromatic heterocycles. The summed E-state index contributed by atoms with van der Waals surface area (Å²) in [6.45, 7) is 1.02. The maximum Gasteiger partial charge on any atom is 0.315 e. The fraction of sp³-hybridized carbons (Fsp3) is 0.417. The van der Waals surface area contributed by atoms with Gasteiger partial charge in [0.25, 0.3) is 0 Å². The Kier molecular flexibility index (Phi) is 3.45. The first-order valence-corrected chi connectivity index (χ1v) is 5.56. The molecule has 0 bridgehead atoms. The first kappa shape index (κ1) is 12.3. The van der Waals surface area contributed by atoms with E-state index in [1.807, 2.05) is 0 Å². The van der Waals surface area contributed by atoms with Crippen molar-refractivity contribution in [2.75, 3.05) is 27.3 Å². The first-order chi connectivity index (χ1) is 8.62. The smallest absolute Gasteiger partial charge is 0.315 e. The van der Waals surface area contributed by atoms with Gasteiger partial charge in [-0.2, -0.15) is 0 Å². The quantitative estimate of drug-likeness (QED) is 0.862. The lowest BCUT2D eigenvalue weighted by Gasteiger charge is -2.37. The summed E-state index contributed by atoms with van der Waals surface area (Å²) in [5.41, 5.74) is 5.14. The highest BCUT2D eigenvalue weighted by atomic mass is 16.5. The van der Waals surface area contributed by atoms with Crippen molar-refractivity contribution in [3.05, 3.63) is 18.2 Å². The van der Waals surface area contributed by atoms with E-state index in [1.165, 1.54) is 4.90 Å². The van der Waals surface area contributed by atoms with Crippen LogP contribution in [0.15, 0.2) is 18.2 Å². The van der Waals surface area contributed by atoms with Crippen LogP contribution in [0.3, 0.4) is 0 Å². The Morgan fingerprint density at radius 2 is 1.67 bits per heavy atom. The zero-order chi connectivity index (χ0) is 13.1. The molecule has 98 valence electrons. The Hall–Kier alpha value is -2.11. The third-order valence-corrected chi connectivity index (χ3v) is 2.79. The van der Waals surface area contributed by atoms with Gasteiger partial charge < -0.3 is 24.8 Å². The van der Waals surface area contributed by atoms with E-state index in [4.69, 9.17) is 19.9 Å². The number of rotatable bonds is 4. The molecular weight excluding hydrogens is 236 g/mol. The maximum atomic E-state index is 10.8. The van der Waals surface area contributed by atoms with Crippen molar-refractivity contribution in [2.24, 2.45) is 5.73 Å². The molecule has 1 fully saturated rings. The second kappa shape index (κ2) is 5.03. The van der Waals surface area contributed by atoms with Gasteiger partial charge in [0.15, 0.2) is 0 Å². The number of methoxy groups -OCH3 is 2. The second-order valence-corrected chi connectivity index (χ2v) is 4.03. The topological polar surface area (TPSA) is 74.0 Å². The lowest BCUT2D eigenvalue weighted by Crippen LogP contribution is -2.57. The fourth-order valence-electron chi connectivity index (χ4n) is 1.73. The predicted octanol–water partition coefficient (Wildman–Crippen LogP) is 0.846. The molecule has 2 rings (SSSR count).